The molecule has 0 amide bonds. The van der Waals surface area contributed by atoms with E-state index in [2.05, 4.69) is 61.5 Å². The standard InChI is InChI=1S/C32H46N4O7SSi/c1-20(2)45(21(3)4,22(5)6)40-19-27-15-35-32(43-27)29-11-10-28(36-29)24-12-25(41-23(7)18-39-8)14-26(13-24)42-30-16-34-31(17-33-30)44(9,37)38/h10-14,16-17,20-23,27,36H,15,18-19H2,1-9H3/t23-,27+/m0/s1. The van der Waals surface area contributed by atoms with E-state index in [0.717, 1.165) is 23.2 Å². The van der Waals surface area contributed by atoms with Crippen molar-refractivity contribution in [3.63, 3.8) is 0 Å². The Kier molecular flexibility index (Phi) is 11.1. The molecule has 1 aliphatic rings. The molecule has 246 valence electrons. The summed E-state index contributed by atoms with van der Waals surface area (Å²) < 4.78 is 53.8. The number of hydrogen-bond donors (Lipinski definition) is 1. The normalized spacial score (nSPS) is 16.3. The van der Waals surface area contributed by atoms with Crippen molar-refractivity contribution in [1.29, 1.82) is 0 Å². The summed E-state index contributed by atoms with van der Waals surface area (Å²) in [5, 5.41) is -0.132. The first-order chi connectivity index (χ1) is 21.2. The number of H-pyrrole nitrogens is 1. The van der Waals surface area contributed by atoms with Gasteiger partial charge in [-0.1, -0.05) is 41.5 Å². The summed E-state index contributed by atoms with van der Waals surface area (Å²) in [7, 11) is -3.87. The van der Waals surface area contributed by atoms with E-state index in [1.165, 1.54) is 12.4 Å². The number of sulfone groups is 1. The smallest absolute Gasteiger partial charge is 0.237 e. The molecule has 1 aromatic carbocycles. The molecular weight excluding hydrogens is 613 g/mol. The van der Waals surface area contributed by atoms with Crippen molar-refractivity contribution in [3.05, 3.63) is 48.4 Å². The molecule has 0 aliphatic carbocycles. The van der Waals surface area contributed by atoms with Gasteiger partial charge in [0.05, 0.1) is 32.2 Å². The Morgan fingerprint density at radius 2 is 1.62 bits per heavy atom. The van der Waals surface area contributed by atoms with Crippen molar-refractivity contribution in [2.24, 2.45) is 4.99 Å². The van der Waals surface area contributed by atoms with Crippen molar-refractivity contribution >= 4 is 24.1 Å². The summed E-state index contributed by atoms with van der Waals surface area (Å²) in [6, 6.07) is 9.34. The summed E-state index contributed by atoms with van der Waals surface area (Å²) in [5.41, 5.74) is 3.84. The zero-order valence-electron chi connectivity index (χ0n) is 27.7. The van der Waals surface area contributed by atoms with Crippen molar-refractivity contribution in [2.75, 3.05) is 33.1 Å². The molecular formula is C32H46N4O7SSi. The van der Waals surface area contributed by atoms with Crippen LogP contribution in [0.2, 0.25) is 16.6 Å². The van der Waals surface area contributed by atoms with Gasteiger partial charge in [0.2, 0.25) is 20.1 Å². The Hall–Kier alpha value is -3.26. The predicted octanol–water partition coefficient (Wildman–Crippen LogP) is 6.42. The molecule has 3 heterocycles. The summed E-state index contributed by atoms with van der Waals surface area (Å²) in [6.45, 7) is 17.0. The molecule has 0 unspecified atom stereocenters. The van der Waals surface area contributed by atoms with Crippen LogP contribution in [0.15, 0.2) is 52.7 Å². The lowest BCUT2D eigenvalue weighted by Gasteiger charge is -2.42. The average molecular weight is 659 g/mol. The highest BCUT2D eigenvalue weighted by Gasteiger charge is 2.45. The first-order valence-electron chi connectivity index (χ1n) is 15.3. The van der Waals surface area contributed by atoms with Gasteiger partial charge in [-0.2, -0.15) is 0 Å². The van der Waals surface area contributed by atoms with E-state index in [-0.39, 0.29) is 23.1 Å². The highest BCUT2D eigenvalue weighted by molar-refractivity contribution is 7.90. The molecule has 0 radical (unpaired) electrons. The number of methoxy groups -OCH3 is 1. The summed E-state index contributed by atoms with van der Waals surface area (Å²) >= 11 is 0. The number of ether oxygens (including phenoxy) is 4. The average Bonchev–Trinajstić information content (AvgIpc) is 3.63. The van der Waals surface area contributed by atoms with Crippen molar-refractivity contribution in [2.45, 2.75) is 82.3 Å². The molecule has 2 aromatic heterocycles. The lowest BCUT2D eigenvalue weighted by atomic mass is 10.1. The largest absolute Gasteiger partial charge is 0.488 e. The number of hydrogen-bond acceptors (Lipinski definition) is 10. The third kappa shape index (κ3) is 8.32. The van der Waals surface area contributed by atoms with Gasteiger partial charge in [-0.25, -0.2) is 23.4 Å². The maximum absolute atomic E-state index is 11.8. The minimum absolute atomic E-state index is 0.132. The molecule has 13 heteroatoms. The molecule has 0 bridgehead atoms. The Morgan fingerprint density at radius 3 is 2.22 bits per heavy atom. The third-order valence-corrected chi connectivity index (χ3v) is 15.0. The van der Waals surface area contributed by atoms with Gasteiger partial charge in [-0.3, -0.25) is 0 Å². The Bertz CT molecular complexity index is 1550. The minimum Gasteiger partial charge on any atom is -0.488 e. The summed E-state index contributed by atoms with van der Waals surface area (Å²) in [6.07, 6.45) is 3.17. The SMILES string of the molecule is COC[C@H](C)Oc1cc(Oc2cnc(S(C)(=O)=O)cn2)cc(-c2ccc(C3=NC[C@H](CO[Si](C(C)C)(C(C)C)C(C)C)O3)[nH]2)c1. The van der Waals surface area contributed by atoms with Gasteiger partial charge in [0.15, 0.2) is 14.9 Å². The molecule has 4 rings (SSSR count). The summed E-state index contributed by atoms with van der Waals surface area (Å²) in [4.78, 5) is 16.2. The third-order valence-electron chi connectivity index (χ3n) is 8.00. The van der Waals surface area contributed by atoms with Gasteiger partial charge in [0, 0.05) is 30.7 Å². The van der Waals surface area contributed by atoms with Gasteiger partial charge in [0.25, 0.3) is 0 Å². The predicted molar refractivity (Wildman–Crippen MR) is 177 cm³/mol. The number of aromatic amines is 1. The second-order valence-corrected chi connectivity index (χ2v) is 19.9. The van der Waals surface area contributed by atoms with Crippen LogP contribution in [0.4, 0.5) is 0 Å². The van der Waals surface area contributed by atoms with Crippen LogP contribution in [0, 0.1) is 0 Å². The van der Waals surface area contributed by atoms with Gasteiger partial charge in [0.1, 0.15) is 29.4 Å². The van der Waals surface area contributed by atoms with E-state index >= 15 is 0 Å². The molecule has 1 N–H and O–H groups in total. The van der Waals surface area contributed by atoms with Crippen LogP contribution in [0.1, 0.15) is 54.2 Å². The van der Waals surface area contributed by atoms with Crippen molar-refractivity contribution in [3.8, 4) is 28.6 Å². The fraction of sp³-hybridized carbons (Fsp3) is 0.531. The van der Waals surface area contributed by atoms with Gasteiger partial charge in [-0.05, 0) is 47.8 Å². The first-order valence-corrected chi connectivity index (χ1v) is 19.3. The molecule has 0 spiro atoms. The molecule has 0 fully saturated rings. The zero-order chi connectivity index (χ0) is 32.9. The van der Waals surface area contributed by atoms with Gasteiger partial charge >= 0.3 is 0 Å². The fourth-order valence-electron chi connectivity index (χ4n) is 6.10. The molecule has 45 heavy (non-hydrogen) atoms. The number of nitrogens with one attached hydrogen (secondary N) is 1. The van der Waals surface area contributed by atoms with Crippen LogP contribution in [-0.4, -0.2) is 82.9 Å². The maximum Gasteiger partial charge on any atom is 0.237 e. The van der Waals surface area contributed by atoms with E-state index in [0.29, 0.717) is 53.8 Å². The number of aliphatic imine (C=N–C) groups is 1. The lowest BCUT2D eigenvalue weighted by molar-refractivity contribution is 0.0920. The molecule has 0 saturated carbocycles. The second-order valence-electron chi connectivity index (χ2n) is 12.4. The fourth-order valence-corrected chi connectivity index (χ4v) is 12.1. The summed E-state index contributed by atoms with van der Waals surface area (Å²) in [5.74, 6) is 1.69. The molecule has 3 aromatic rings. The molecule has 2 atom stereocenters. The quantitative estimate of drug-likeness (QED) is 0.184. The monoisotopic (exact) mass is 658 g/mol. The van der Waals surface area contributed by atoms with Crippen molar-refractivity contribution in [1.82, 2.24) is 15.0 Å². The Morgan fingerprint density at radius 1 is 0.956 bits per heavy atom. The maximum atomic E-state index is 11.8. The van der Waals surface area contributed by atoms with Gasteiger partial charge in [-0.15, -0.1) is 0 Å². The van der Waals surface area contributed by atoms with Crippen LogP contribution < -0.4 is 9.47 Å². The molecule has 1 aliphatic heterocycles. The Balaban J connectivity index is 1.52. The van der Waals surface area contributed by atoms with Crippen LogP contribution >= 0.6 is 0 Å². The highest BCUT2D eigenvalue weighted by Crippen LogP contribution is 2.42. The van der Waals surface area contributed by atoms with Crippen LogP contribution in [-0.2, 0) is 23.7 Å². The topological polar surface area (TPSA) is 134 Å². The second kappa shape index (κ2) is 14.4. The first kappa shape index (κ1) is 34.6. The lowest BCUT2D eigenvalue weighted by Crippen LogP contribution is -2.49. The van der Waals surface area contributed by atoms with Gasteiger partial charge < -0.3 is 28.4 Å². The number of benzene rings is 1. The molecule has 0 saturated heterocycles. The van der Waals surface area contributed by atoms with E-state index in [1.54, 1.807) is 13.2 Å². The van der Waals surface area contributed by atoms with E-state index < -0.39 is 18.2 Å². The molecule has 11 nitrogen and oxygen atoms in total. The van der Waals surface area contributed by atoms with E-state index in [4.69, 9.17) is 23.4 Å². The van der Waals surface area contributed by atoms with Crippen LogP contribution in [0.5, 0.6) is 17.4 Å². The number of aromatic nitrogens is 3. The van der Waals surface area contributed by atoms with Crippen molar-refractivity contribution < 1.29 is 31.8 Å². The van der Waals surface area contributed by atoms with E-state index in [9.17, 15) is 8.42 Å². The highest BCUT2D eigenvalue weighted by atomic mass is 32.2. The van der Waals surface area contributed by atoms with E-state index in [1.807, 2.05) is 31.2 Å². The van der Waals surface area contributed by atoms with Crippen LogP contribution in [0.25, 0.3) is 11.3 Å². The number of rotatable bonds is 15. The van der Waals surface area contributed by atoms with Crippen LogP contribution in [0.3, 0.4) is 0 Å². The zero-order valence-corrected chi connectivity index (χ0v) is 29.5. The minimum atomic E-state index is -3.48. The Labute approximate surface area is 267 Å². The number of nitrogens with zero attached hydrogens (tertiary/aromatic N) is 3.